The summed E-state index contributed by atoms with van der Waals surface area (Å²) in [6.07, 6.45) is 3.30. The number of aryl methyl sites for hydroxylation is 2. The highest BCUT2D eigenvalue weighted by atomic mass is 16.5. The summed E-state index contributed by atoms with van der Waals surface area (Å²) in [5, 5.41) is 4.01. The topological polar surface area (TPSA) is 62.7 Å². The van der Waals surface area contributed by atoms with Gasteiger partial charge in [-0.15, -0.1) is 0 Å². The van der Waals surface area contributed by atoms with Gasteiger partial charge in [0.05, 0.1) is 5.69 Å². The van der Waals surface area contributed by atoms with Crippen molar-refractivity contribution in [3.8, 4) is 0 Å². The van der Waals surface area contributed by atoms with Crippen LogP contribution in [0.5, 0.6) is 0 Å². The van der Waals surface area contributed by atoms with Gasteiger partial charge >= 0.3 is 0 Å². The van der Waals surface area contributed by atoms with Gasteiger partial charge in [0.25, 0.3) is 0 Å². The summed E-state index contributed by atoms with van der Waals surface area (Å²) in [6, 6.07) is 5.69. The fourth-order valence-corrected chi connectivity index (χ4v) is 2.65. The third-order valence-corrected chi connectivity index (χ3v) is 3.90. The zero-order valence-electron chi connectivity index (χ0n) is 13.5. The van der Waals surface area contributed by atoms with Crippen molar-refractivity contribution in [3.63, 3.8) is 0 Å². The molecule has 0 bridgehead atoms. The summed E-state index contributed by atoms with van der Waals surface area (Å²) in [7, 11) is 0. The first kappa shape index (κ1) is 15.6. The summed E-state index contributed by atoms with van der Waals surface area (Å²) < 4.78 is 10.5. The number of nitrogens with zero attached hydrogens (tertiary/aromatic N) is 3. The van der Waals surface area contributed by atoms with E-state index in [1.54, 1.807) is 12.2 Å². The largest absolute Gasteiger partial charge is 0.462 e. The number of hydrogen-bond donors (Lipinski definition) is 0. The second kappa shape index (κ2) is 6.83. The number of carbonyl (C=O) groups is 1. The molecule has 0 N–H and O–H groups in total. The van der Waals surface area contributed by atoms with Gasteiger partial charge < -0.3 is 13.8 Å². The Morgan fingerprint density at radius 2 is 2.00 bits per heavy atom. The Morgan fingerprint density at radius 3 is 2.61 bits per heavy atom. The van der Waals surface area contributed by atoms with Gasteiger partial charge in [0.1, 0.15) is 17.3 Å². The van der Waals surface area contributed by atoms with Crippen molar-refractivity contribution in [2.45, 2.75) is 20.4 Å². The maximum Gasteiger partial charge on any atom is 0.246 e. The van der Waals surface area contributed by atoms with Crippen molar-refractivity contribution in [3.05, 3.63) is 47.2 Å². The molecule has 0 radical (unpaired) electrons. The lowest BCUT2D eigenvalue weighted by Gasteiger charge is -2.33. The Balaban J connectivity index is 1.48. The van der Waals surface area contributed by atoms with E-state index < -0.39 is 0 Å². The molecule has 122 valence electrons. The number of furan rings is 1. The molecule has 0 aliphatic carbocycles. The van der Waals surface area contributed by atoms with Gasteiger partial charge in [0, 0.05) is 44.9 Å². The Morgan fingerprint density at radius 1 is 1.22 bits per heavy atom. The molecule has 1 amide bonds. The van der Waals surface area contributed by atoms with Gasteiger partial charge in [-0.2, -0.15) is 0 Å². The SMILES string of the molecule is Cc1cc(CN2CCN(C(=O)C=Cc3ccc(C)o3)CC2)no1. The van der Waals surface area contributed by atoms with Gasteiger partial charge in [0.15, 0.2) is 0 Å². The first-order valence-corrected chi connectivity index (χ1v) is 7.78. The molecule has 6 nitrogen and oxygen atoms in total. The molecule has 1 fully saturated rings. The van der Waals surface area contributed by atoms with E-state index >= 15 is 0 Å². The summed E-state index contributed by atoms with van der Waals surface area (Å²) in [4.78, 5) is 16.3. The molecule has 1 saturated heterocycles. The molecule has 0 spiro atoms. The normalized spacial score (nSPS) is 16.3. The lowest BCUT2D eigenvalue weighted by molar-refractivity contribution is -0.127. The Bertz CT molecular complexity index is 694. The minimum Gasteiger partial charge on any atom is -0.462 e. The first-order valence-electron chi connectivity index (χ1n) is 7.78. The highest BCUT2D eigenvalue weighted by molar-refractivity contribution is 5.91. The second-order valence-corrected chi connectivity index (χ2v) is 5.81. The molecule has 0 aromatic carbocycles. The molecule has 3 heterocycles. The molecule has 1 aliphatic rings. The fraction of sp³-hybridized carbons (Fsp3) is 0.412. The van der Waals surface area contributed by atoms with Crippen LogP contribution in [0, 0.1) is 13.8 Å². The van der Waals surface area contributed by atoms with Gasteiger partial charge in [-0.3, -0.25) is 9.69 Å². The molecule has 0 unspecified atom stereocenters. The van der Waals surface area contributed by atoms with E-state index in [4.69, 9.17) is 8.94 Å². The minimum absolute atomic E-state index is 0.0241. The Hall–Kier alpha value is -2.34. The first-order chi connectivity index (χ1) is 11.1. The molecule has 2 aromatic rings. The lowest BCUT2D eigenvalue weighted by Crippen LogP contribution is -2.47. The number of carbonyl (C=O) groups excluding carboxylic acids is 1. The van der Waals surface area contributed by atoms with Crippen LogP contribution in [0.1, 0.15) is 23.0 Å². The van der Waals surface area contributed by atoms with E-state index in [1.165, 1.54) is 0 Å². The average molecular weight is 315 g/mol. The van der Waals surface area contributed by atoms with Crippen molar-refractivity contribution in [2.24, 2.45) is 0 Å². The predicted molar refractivity (Wildman–Crippen MR) is 85.6 cm³/mol. The third kappa shape index (κ3) is 4.10. The predicted octanol–water partition coefficient (Wildman–Crippen LogP) is 2.24. The molecular formula is C17H21N3O3. The molecule has 1 aliphatic heterocycles. The molecule has 0 saturated carbocycles. The van der Waals surface area contributed by atoms with Crippen LogP contribution in [-0.2, 0) is 11.3 Å². The third-order valence-electron chi connectivity index (χ3n) is 3.90. The van der Waals surface area contributed by atoms with Crippen LogP contribution in [-0.4, -0.2) is 47.0 Å². The summed E-state index contributed by atoms with van der Waals surface area (Å²) in [6.45, 7) is 7.65. The van der Waals surface area contributed by atoms with Crippen molar-refractivity contribution >= 4 is 12.0 Å². The maximum atomic E-state index is 12.2. The van der Waals surface area contributed by atoms with E-state index in [-0.39, 0.29) is 5.91 Å². The summed E-state index contributed by atoms with van der Waals surface area (Å²) in [5.41, 5.74) is 0.940. The van der Waals surface area contributed by atoms with Gasteiger partial charge in [0.2, 0.25) is 5.91 Å². The van der Waals surface area contributed by atoms with Crippen molar-refractivity contribution in [2.75, 3.05) is 26.2 Å². The quantitative estimate of drug-likeness (QED) is 0.810. The van der Waals surface area contributed by atoms with E-state index in [1.807, 2.05) is 36.9 Å². The van der Waals surface area contributed by atoms with Crippen LogP contribution in [0.2, 0.25) is 0 Å². The second-order valence-electron chi connectivity index (χ2n) is 5.81. The zero-order valence-corrected chi connectivity index (χ0v) is 13.5. The van der Waals surface area contributed by atoms with E-state index in [0.29, 0.717) is 5.76 Å². The van der Waals surface area contributed by atoms with Gasteiger partial charge in [-0.25, -0.2) is 0 Å². The van der Waals surface area contributed by atoms with E-state index in [9.17, 15) is 4.79 Å². The number of hydrogen-bond acceptors (Lipinski definition) is 5. The van der Waals surface area contributed by atoms with Gasteiger partial charge in [-0.1, -0.05) is 5.16 Å². The van der Waals surface area contributed by atoms with Crippen molar-refractivity contribution < 1.29 is 13.7 Å². The van der Waals surface area contributed by atoms with Crippen molar-refractivity contribution in [1.29, 1.82) is 0 Å². The number of rotatable bonds is 4. The highest BCUT2D eigenvalue weighted by Gasteiger charge is 2.20. The number of aromatic nitrogens is 1. The standard InChI is InChI=1S/C17H21N3O3/c1-13-3-4-16(22-13)5-6-17(21)20-9-7-19(8-10-20)12-15-11-14(2)23-18-15/h3-6,11H,7-10,12H2,1-2H3. The van der Waals surface area contributed by atoms with Crippen LogP contribution < -0.4 is 0 Å². The molecule has 0 atom stereocenters. The van der Waals surface area contributed by atoms with Crippen LogP contribution in [0.25, 0.3) is 6.08 Å². The summed E-state index contributed by atoms with van der Waals surface area (Å²) in [5.74, 6) is 2.40. The maximum absolute atomic E-state index is 12.2. The zero-order chi connectivity index (χ0) is 16.2. The smallest absolute Gasteiger partial charge is 0.246 e. The number of piperazine rings is 1. The number of amides is 1. The molecule has 6 heteroatoms. The molecule has 23 heavy (non-hydrogen) atoms. The Labute approximate surface area is 135 Å². The Kier molecular flexibility index (Phi) is 4.62. The molecule has 3 rings (SSSR count). The van der Waals surface area contributed by atoms with E-state index in [2.05, 4.69) is 10.1 Å². The lowest BCUT2D eigenvalue weighted by atomic mass is 10.2. The van der Waals surface area contributed by atoms with Crippen LogP contribution in [0.15, 0.2) is 33.2 Å². The van der Waals surface area contributed by atoms with Crippen molar-refractivity contribution in [1.82, 2.24) is 15.0 Å². The van der Waals surface area contributed by atoms with Gasteiger partial charge in [-0.05, 0) is 32.1 Å². The minimum atomic E-state index is 0.0241. The van der Waals surface area contributed by atoms with E-state index in [0.717, 1.165) is 49.9 Å². The van der Waals surface area contributed by atoms with Crippen LogP contribution in [0.4, 0.5) is 0 Å². The highest BCUT2D eigenvalue weighted by Crippen LogP contribution is 2.11. The molecule has 2 aromatic heterocycles. The van der Waals surface area contributed by atoms with Crippen LogP contribution in [0.3, 0.4) is 0 Å². The average Bonchev–Trinajstić information content (AvgIpc) is 3.14. The summed E-state index contributed by atoms with van der Waals surface area (Å²) >= 11 is 0. The fourth-order valence-electron chi connectivity index (χ4n) is 2.65. The monoisotopic (exact) mass is 315 g/mol. The van der Waals surface area contributed by atoms with Crippen LogP contribution >= 0.6 is 0 Å². The molecular weight excluding hydrogens is 294 g/mol.